The maximum absolute atomic E-state index is 5.41. The lowest BCUT2D eigenvalue weighted by molar-refractivity contribution is 0.718. The highest BCUT2D eigenvalue weighted by atomic mass is 15.3. The Morgan fingerprint density at radius 1 is 1.47 bits per heavy atom. The van der Waals surface area contributed by atoms with Crippen LogP contribution in [0.1, 0.15) is 13.3 Å². The van der Waals surface area contributed by atoms with Gasteiger partial charge in [-0.25, -0.2) is 4.98 Å². The summed E-state index contributed by atoms with van der Waals surface area (Å²) in [4.78, 5) is 8.08. The number of nitrogen functional groups attached to an aromatic ring is 1. The molecule has 0 saturated carbocycles. The van der Waals surface area contributed by atoms with Gasteiger partial charge in [0, 0.05) is 6.54 Å². The van der Waals surface area contributed by atoms with E-state index in [9.17, 15) is 0 Å². The Hall–Kier alpha value is -1.98. The van der Waals surface area contributed by atoms with Gasteiger partial charge in [-0.15, -0.1) is 10.2 Å². The summed E-state index contributed by atoms with van der Waals surface area (Å²) in [7, 11) is 0. The van der Waals surface area contributed by atoms with Gasteiger partial charge >= 0.3 is 0 Å². The van der Waals surface area contributed by atoms with Crippen molar-refractivity contribution in [3.63, 3.8) is 0 Å². The first kappa shape index (κ1) is 9.57. The van der Waals surface area contributed by atoms with E-state index in [1.165, 1.54) is 0 Å². The molecule has 6 heteroatoms. The van der Waals surface area contributed by atoms with Crippen LogP contribution in [0.3, 0.4) is 0 Å². The van der Waals surface area contributed by atoms with Crippen molar-refractivity contribution in [1.29, 1.82) is 0 Å². The lowest BCUT2D eigenvalue weighted by atomic mass is 10.4. The molecule has 0 aromatic carbocycles. The molecule has 0 aliphatic heterocycles. The number of rotatable bonds is 3. The highest BCUT2D eigenvalue weighted by Gasteiger charge is 2.05. The predicted molar refractivity (Wildman–Crippen MR) is 57.0 cm³/mol. The van der Waals surface area contributed by atoms with Crippen LogP contribution in [0.2, 0.25) is 0 Å². The normalized spacial score (nSPS) is 11.5. The summed E-state index contributed by atoms with van der Waals surface area (Å²) >= 11 is 0. The van der Waals surface area contributed by atoms with Gasteiger partial charge in [0.15, 0.2) is 0 Å². The number of hydrogen-bond acceptors (Lipinski definition) is 5. The van der Waals surface area contributed by atoms with Crippen molar-refractivity contribution in [3.8, 4) is 0 Å². The van der Waals surface area contributed by atoms with Crippen LogP contribution in [0.5, 0.6) is 0 Å². The molecule has 15 heavy (non-hydrogen) atoms. The SMILES string of the molecule is C/C=C\CCn1cnc2nc(N)nnc21. The smallest absolute Gasteiger partial charge is 0.242 e. The molecule has 0 radical (unpaired) electrons. The molecule has 0 unspecified atom stereocenters. The van der Waals surface area contributed by atoms with Crippen molar-refractivity contribution < 1.29 is 0 Å². The molecule has 78 valence electrons. The van der Waals surface area contributed by atoms with Gasteiger partial charge in [0.1, 0.15) is 0 Å². The van der Waals surface area contributed by atoms with Gasteiger partial charge in [-0.2, -0.15) is 4.98 Å². The molecule has 0 spiro atoms. The van der Waals surface area contributed by atoms with Crippen LogP contribution in [0.4, 0.5) is 5.95 Å². The molecule has 0 aliphatic rings. The van der Waals surface area contributed by atoms with E-state index in [0.717, 1.165) is 13.0 Å². The van der Waals surface area contributed by atoms with Crippen molar-refractivity contribution in [2.45, 2.75) is 19.9 Å². The third-order valence-corrected chi connectivity index (χ3v) is 2.03. The summed E-state index contributed by atoms with van der Waals surface area (Å²) < 4.78 is 1.91. The van der Waals surface area contributed by atoms with Crippen molar-refractivity contribution in [2.75, 3.05) is 5.73 Å². The van der Waals surface area contributed by atoms with Gasteiger partial charge < -0.3 is 10.3 Å². The van der Waals surface area contributed by atoms with Crippen LogP contribution >= 0.6 is 0 Å². The Balaban J connectivity index is 2.28. The summed E-state index contributed by atoms with van der Waals surface area (Å²) in [6.45, 7) is 2.81. The minimum Gasteiger partial charge on any atom is -0.366 e. The van der Waals surface area contributed by atoms with E-state index in [4.69, 9.17) is 5.73 Å². The number of allylic oxidation sites excluding steroid dienone is 2. The Labute approximate surface area is 86.9 Å². The minimum atomic E-state index is 0.154. The largest absolute Gasteiger partial charge is 0.366 e. The van der Waals surface area contributed by atoms with Crippen LogP contribution in [0, 0.1) is 0 Å². The van der Waals surface area contributed by atoms with E-state index in [-0.39, 0.29) is 5.95 Å². The lowest BCUT2D eigenvalue weighted by Crippen LogP contribution is -2.01. The number of nitrogens with two attached hydrogens (primary N) is 1. The number of imidazole rings is 1. The zero-order valence-corrected chi connectivity index (χ0v) is 8.46. The monoisotopic (exact) mass is 204 g/mol. The first-order valence-electron chi connectivity index (χ1n) is 4.73. The molecule has 2 rings (SSSR count). The van der Waals surface area contributed by atoms with Crippen LogP contribution in [0.15, 0.2) is 18.5 Å². The molecule has 2 heterocycles. The van der Waals surface area contributed by atoms with E-state index in [1.54, 1.807) is 6.33 Å². The molecular formula is C9H12N6. The van der Waals surface area contributed by atoms with Crippen LogP contribution in [-0.2, 0) is 6.54 Å². The molecule has 2 aromatic rings. The van der Waals surface area contributed by atoms with E-state index in [2.05, 4.69) is 26.2 Å². The average molecular weight is 204 g/mol. The quantitative estimate of drug-likeness (QED) is 0.746. The van der Waals surface area contributed by atoms with E-state index in [0.29, 0.717) is 11.3 Å². The third-order valence-electron chi connectivity index (χ3n) is 2.03. The predicted octanol–water partition coefficient (Wildman–Crippen LogP) is 0.770. The van der Waals surface area contributed by atoms with Gasteiger partial charge in [-0.05, 0) is 13.3 Å². The molecule has 0 bridgehead atoms. The van der Waals surface area contributed by atoms with Crippen LogP contribution in [0.25, 0.3) is 11.3 Å². The summed E-state index contributed by atoms with van der Waals surface area (Å²) in [6.07, 6.45) is 6.74. The van der Waals surface area contributed by atoms with Crippen molar-refractivity contribution >= 4 is 17.2 Å². The zero-order valence-electron chi connectivity index (χ0n) is 8.46. The van der Waals surface area contributed by atoms with Crippen molar-refractivity contribution in [1.82, 2.24) is 24.7 Å². The first-order valence-corrected chi connectivity index (χ1v) is 4.73. The number of hydrogen-bond donors (Lipinski definition) is 1. The Morgan fingerprint density at radius 2 is 2.33 bits per heavy atom. The fourth-order valence-corrected chi connectivity index (χ4v) is 1.32. The van der Waals surface area contributed by atoms with Gasteiger partial charge in [-0.3, -0.25) is 0 Å². The molecule has 0 saturated heterocycles. The Bertz CT molecular complexity index is 486. The zero-order chi connectivity index (χ0) is 10.7. The van der Waals surface area contributed by atoms with Gasteiger partial charge in [-0.1, -0.05) is 12.2 Å². The second-order valence-electron chi connectivity index (χ2n) is 3.11. The average Bonchev–Trinajstić information content (AvgIpc) is 2.61. The number of fused-ring (bicyclic) bond motifs is 1. The number of nitrogens with zero attached hydrogens (tertiary/aromatic N) is 5. The third kappa shape index (κ3) is 1.93. The van der Waals surface area contributed by atoms with Crippen molar-refractivity contribution in [3.05, 3.63) is 18.5 Å². The molecule has 2 N–H and O–H groups in total. The second-order valence-corrected chi connectivity index (χ2v) is 3.11. The van der Waals surface area contributed by atoms with Crippen molar-refractivity contribution in [2.24, 2.45) is 0 Å². The molecule has 0 aliphatic carbocycles. The molecule has 0 amide bonds. The summed E-state index contributed by atoms with van der Waals surface area (Å²) in [5, 5.41) is 7.66. The van der Waals surface area contributed by atoms with E-state index >= 15 is 0 Å². The summed E-state index contributed by atoms with van der Waals surface area (Å²) in [5.41, 5.74) is 6.63. The molecule has 6 nitrogen and oxygen atoms in total. The van der Waals surface area contributed by atoms with Gasteiger partial charge in [0.05, 0.1) is 6.33 Å². The highest BCUT2D eigenvalue weighted by molar-refractivity contribution is 5.65. The number of aryl methyl sites for hydroxylation is 1. The van der Waals surface area contributed by atoms with E-state index in [1.807, 2.05) is 17.6 Å². The first-order chi connectivity index (χ1) is 7.31. The fourth-order valence-electron chi connectivity index (χ4n) is 1.32. The summed E-state index contributed by atoms with van der Waals surface area (Å²) in [6, 6.07) is 0. The topological polar surface area (TPSA) is 82.5 Å². The maximum atomic E-state index is 5.41. The number of aromatic nitrogens is 5. The molecule has 0 fully saturated rings. The van der Waals surface area contributed by atoms with Crippen LogP contribution < -0.4 is 5.73 Å². The Kier molecular flexibility index (Phi) is 2.57. The van der Waals surface area contributed by atoms with Gasteiger partial charge in [0.2, 0.25) is 17.2 Å². The highest BCUT2D eigenvalue weighted by Crippen LogP contribution is 2.07. The van der Waals surface area contributed by atoms with Gasteiger partial charge in [0.25, 0.3) is 0 Å². The minimum absolute atomic E-state index is 0.154. The number of anilines is 1. The second kappa shape index (κ2) is 4.04. The Morgan fingerprint density at radius 3 is 3.13 bits per heavy atom. The molecule has 0 atom stereocenters. The molecular weight excluding hydrogens is 192 g/mol. The maximum Gasteiger partial charge on any atom is 0.242 e. The standard InChI is InChI=1S/C9H12N6/c1-2-3-4-5-15-6-11-7-8(15)13-14-9(10)12-7/h2-3,6H,4-5H2,1H3,(H2,10,12,14)/b3-2-. The van der Waals surface area contributed by atoms with Crippen LogP contribution in [-0.4, -0.2) is 24.7 Å². The van der Waals surface area contributed by atoms with E-state index < -0.39 is 0 Å². The fraction of sp³-hybridized carbons (Fsp3) is 0.333. The lowest BCUT2D eigenvalue weighted by Gasteiger charge is -1.98. The molecule has 2 aromatic heterocycles. The summed E-state index contributed by atoms with van der Waals surface area (Å²) in [5.74, 6) is 0.154.